The van der Waals surface area contributed by atoms with Gasteiger partial charge in [0.25, 0.3) is 5.91 Å². The lowest BCUT2D eigenvalue weighted by molar-refractivity contribution is -0.140. The van der Waals surface area contributed by atoms with Gasteiger partial charge < -0.3 is 9.64 Å². The third-order valence-electron chi connectivity index (χ3n) is 2.99. The van der Waals surface area contributed by atoms with Crippen LogP contribution in [0.2, 0.25) is 0 Å². The highest BCUT2D eigenvalue weighted by molar-refractivity contribution is 5.94. The minimum absolute atomic E-state index is 0.0411. The summed E-state index contributed by atoms with van der Waals surface area (Å²) in [4.78, 5) is 16.7. The second-order valence-corrected chi connectivity index (χ2v) is 4.73. The van der Waals surface area contributed by atoms with Crippen LogP contribution in [0.15, 0.2) is 48.7 Å². The molecule has 0 spiro atoms. The lowest BCUT2D eigenvalue weighted by Crippen LogP contribution is -2.38. The predicted molar refractivity (Wildman–Crippen MR) is 78.4 cm³/mol. The summed E-state index contributed by atoms with van der Waals surface area (Å²) < 4.78 is 42.8. The summed E-state index contributed by atoms with van der Waals surface area (Å²) in [6.07, 6.45) is -3.23. The van der Waals surface area contributed by atoms with Gasteiger partial charge in [0.1, 0.15) is 12.3 Å². The highest BCUT2D eigenvalue weighted by Gasteiger charge is 2.32. The molecule has 0 atom stereocenters. The van der Waals surface area contributed by atoms with Crippen molar-refractivity contribution in [1.29, 1.82) is 0 Å². The average molecular weight is 324 g/mol. The number of amides is 1. The number of para-hydroxylation sites is 1. The standard InChI is InChI=1S/C16H15F3N2O2/c1-2-21(11-16(17,18)19)15(22)12-8-9-14(20-10-12)23-13-6-4-3-5-7-13/h3-10H,2,11H2,1H3. The van der Waals surface area contributed by atoms with Crippen LogP contribution in [0.5, 0.6) is 11.6 Å². The molecule has 0 radical (unpaired) electrons. The van der Waals surface area contributed by atoms with E-state index in [-0.39, 0.29) is 18.0 Å². The van der Waals surface area contributed by atoms with Gasteiger partial charge in [-0.25, -0.2) is 4.98 Å². The van der Waals surface area contributed by atoms with E-state index in [0.29, 0.717) is 5.75 Å². The maximum Gasteiger partial charge on any atom is 0.406 e. The monoisotopic (exact) mass is 324 g/mol. The van der Waals surface area contributed by atoms with Crippen LogP contribution in [0.3, 0.4) is 0 Å². The fraction of sp³-hybridized carbons (Fsp3) is 0.250. The first-order valence-electron chi connectivity index (χ1n) is 6.94. The number of ether oxygens (including phenoxy) is 1. The molecule has 0 N–H and O–H groups in total. The molecule has 23 heavy (non-hydrogen) atoms. The van der Waals surface area contributed by atoms with Crippen LogP contribution in [0, 0.1) is 0 Å². The maximum atomic E-state index is 12.4. The van der Waals surface area contributed by atoms with Gasteiger partial charge in [-0.2, -0.15) is 13.2 Å². The minimum atomic E-state index is -4.44. The van der Waals surface area contributed by atoms with Gasteiger partial charge in [-0.1, -0.05) is 18.2 Å². The van der Waals surface area contributed by atoms with E-state index in [9.17, 15) is 18.0 Å². The molecule has 0 saturated heterocycles. The molecule has 0 aliphatic heterocycles. The molecule has 4 nitrogen and oxygen atoms in total. The van der Waals surface area contributed by atoms with E-state index >= 15 is 0 Å². The lowest BCUT2D eigenvalue weighted by atomic mass is 10.2. The molecule has 2 rings (SSSR count). The van der Waals surface area contributed by atoms with Gasteiger partial charge in [-0.3, -0.25) is 4.79 Å². The van der Waals surface area contributed by atoms with Gasteiger partial charge in [0.2, 0.25) is 5.88 Å². The zero-order valence-electron chi connectivity index (χ0n) is 12.4. The van der Waals surface area contributed by atoms with Crippen LogP contribution < -0.4 is 4.74 Å². The molecule has 0 unspecified atom stereocenters. The Morgan fingerprint density at radius 1 is 1.17 bits per heavy atom. The predicted octanol–water partition coefficient (Wildman–Crippen LogP) is 3.90. The number of carbonyl (C=O) groups is 1. The molecule has 2 aromatic rings. The number of rotatable bonds is 5. The van der Waals surface area contributed by atoms with Crippen LogP contribution in [-0.2, 0) is 0 Å². The summed E-state index contributed by atoms with van der Waals surface area (Å²) in [7, 11) is 0. The molecule has 0 aliphatic rings. The first kappa shape index (κ1) is 16.8. The number of halogens is 3. The summed E-state index contributed by atoms with van der Waals surface area (Å²) in [5, 5.41) is 0. The molecule has 1 heterocycles. The van der Waals surface area contributed by atoms with Crippen LogP contribution in [0.4, 0.5) is 13.2 Å². The fourth-order valence-corrected chi connectivity index (χ4v) is 1.90. The molecule has 1 aromatic carbocycles. The second kappa shape index (κ2) is 7.13. The molecule has 0 bridgehead atoms. The van der Waals surface area contributed by atoms with Gasteiger partial charge in [0.05, 0.1) is 5.56 Å². The van der Waals surface area contributed by atoms with Gasteiger partial charge in [-0.05, 0) is 25.1 Å². The Morgan fingerprint density at radius 2 is 1.87 bits per heavy atom. The average Bonchev–Trinajstić information content (AvgIpc) is 2.53. The number of carbonyl (C=O) groups excluding carboxylic acids is 1. The van der Waals surface area contributed by atoms with E-state index in [4.69, 9.17) is 4.74 Å². The molecule has 1 amide bonds. The van der Waals surface area contributed by atoms with E-state index in [0.717, 1.165) is 4.90 Å². The Labute approximate surface area is 131 Å². The van der Waals surface area contributed by atoms with E-state index in [1.54, 1.807) is 24.3 Å². The van der Waals surface area contributed by atoms with Crippen molar-refractivity contribution in [3.8, 4) is 11.6 Å². The Kier molecular flexibility index (Phi) is 5.20. The molecule has 1 aromatic heterocycles. The van der Waals surface area contributed by atoms with Crippen molar-refractivity contribution in [2.75, 3.05) is 13.1 Å². The van der Waals surface area contributed by atoms with Crippen molar-refractivity contribution < 1.29 is 22.7 Å². The molecule has 0 aliphatic carbocycles. The highest BCUT2D eigenvalue weighted by atomic mass is 19.4. The SMILES string of the molecule is CCN(CC(F)(F)F)C(=O)c1ccc(Oc2ccccc2)nc1. The maximum absolute atomic E-state index is 12.4. The highest BCUT2D eigenvalue weighted by Crippen LogP contribution is 2.20. The molecule has 0 saturated carbocycles. The van der Waals surface area contributed by atoms with Crippen LogP contribution in [0.1, 0.15) is 17.3 Å². The lowest BCUT2D eigenvalue weighted by Gasteiger charge is -2.22. The van der Waals surface area contributed by atoms with Gasteiger partial charge in [0, 0.05) is 18.8 Å². The van der Waals surface area contributed by atoms with Gasteiger partial charge in [-0.15, -0.1) is 0 Å². The Bertz CT molecular complexity index is 643. The molecular formula is C16H15F3N2O2. The van der Waals surface area contributed by atoms with Crippen molar-refractivity contribution in [3.05, 3.63) is 54.2 Å². The van der Waals surface area contributed by atoms with Crippen molar-refractivity contribution in [1.82, 2.24) is 9.88 Å². The molecular weight excluding hydrogens is 309 g/mol. The second-order valence-electron chi connectivity index (χ2n) is 4.73. The summed E-state index contributed by atoms with van der Waals surface area (Å²) in [6.45, 7) is 0.162. The topological polar surface area (TPSA) is 42.4 Å². The van der Waals surface area contributed by atoms with Crippen molar-refractivity contribution >= 4 is 5.91 Å². The number of benzene rings is 1. The molecule has 122 valence electrons. The fourth-order valence-electron chi connectivity index (χ4n) is 1.90. The number of alkyl halides is 3. The number of aromatic nitrogens is 1. The van der Waals surface area contributed by atoms with E-state index in [1.165, 1.54) is 25.3 Å². The first-order chi connectivity index (χ1) is 10.9. The summed E-state index contributed by atoms with van der Waals surface area (Å²) in [6, 6.07) is 11.7. The number of pyridine rings is 1. The normalized spacial score (nSPS) is 11.1. The summed E-state index contributed by atoms with van der Waals surface area (Å²) in [5.41, 5.74) is 0.0801. The summed E-state index contributed by atoms with van der Waals surface area (Å²) in [5.74, 6) is 0.113. The zero-order chi connectivity index (χ0) is 16.9. The Hall–Kier alpha value is -2.57. The number of hydrogen-bond acceptors (Lipinski definition) is 3. The van der Waals surface area contributed by atoms with E-state index in [1.807, 2.05) is 6.07 Å². The Balaban J connectivity index is 2.07. The quantitative estimate of drug-likeness (QED) is 0.838. The first-order valence-corrected chi connectivity index (χ1v) is 6.94. The smallest absolute Gasteiger partial charge is 0.406 e. The molecule has 0 fully saturated rings. The number of hydrogen-bond donors (Lipinski definition) is 0. The van der Waals surface area contributed by atoms with Crippen molar-refractivity contribution in [2.24, 2.45) is 0 Å². The Morgan fingerprint density at radius 3 is 2.39 bits per heavy atom. The van der Waals surface area contributed by atoms with Crippen LogP contribution in [-0.4, -0.2) is 35.1 Å². The summed E-state index contributed by atoms with van der Waals surface area (Å²) >= 11 is 0. The third kappa shape index (κ3) is 4.98. The molecule has 7 heteroatoms. The zero-order valence-corrected chi connectivity index (χ0v) is 12.4. The van der Waals surface area contributed by atoms with Crippen LogP contribution >= 0.6 is 0 Å². The van der Waals surface area contributed by atoms with E-state index < -0.39 is 18.6 Å². The van der Waals surface area contributed by atoms with E-state index in [2.05, 4.69) is 4.98 Å². The van der Waals surface area contributed by atoms with Gasteiger partial charge in [0.15, 0.2) is 0 Å². The largest absolute Gasteiger partial charge is 0.439 e. The van der Waals surface area contributed by atoms with Crippen molar-refractivity contribution in [3.63, 3.8) is 0 Å². The minimum Gasteiger partial charge on any atom is -0.439 e. The van der Waals surface area contributed by atoms with Gasteiger partial charge >= 0.3 is 6.18 Å². The third-order valence-corrected chi connectivity index (χ3v) is 2.99. The van der Waals surface area contributed by atoms with Crippen LogP contribution in [0.25, 0.3) is 0 Å². The number of nitrogens with zero attached hydrogens (tertiary/aromatic N) is 2. The van der Waals surface area contributed by atoms with Crippen molar-refractivity contribution in [2.45, 2.75) is 13.1 Å².